The van der Waals surface area contributed by atoms with Crippen LogP contribution >= 0.6 is 0 Å². The molecule has 122 valence electrons. The highest BCUT2D eigenvalue weighted by atomic mass is 16.3. The van der Waals surface area contributed by atoms with Crippen molar-refractivity contribution in [2.24, 2.45) is 0 Å². The van der Waals surface area contributed by atoms with E-state index in [-0.39, 0.29) is 6.10 Å². The zero-order valence-corrected chi connectivity index (χ0v) is 13.6. The second kappa shape index (κ2) is 6.67. The molecule has 2 aromatic heterocycles. The molecular weight excluding hydrogens is 298 g/mol. The Balaban J connectivity index is 1.50. The molecule has 1 N–H and O–H groups in total. The van der Waals surface area contributed by atoms with Gasteiger partial charge in [0.05, 0.1) is 17.3 Å². The Hall–Kier alpha value is -2.30. The Morgan fingerprint density at radius 3 is 2.62 bits per heavy atom. The molecule has 1 saturated heterocycles. The third-order valence-corrected chi connectivity index (χ3v) is 4.71. The molecule has 1 aromatic carbocycles. The van der Waals surface area contributed by atoms with Gasteiger partial charge in [0, 0.05) is 43.0 Å². The Kier molecular flexibility index (Phi) is 4.24. The van der Waals surface area contributed by atoms with Crippen molar-refractivity contribution in [1.29, 1.82) is 0 Å². The van der Waals surface area contributed by atoms with Gasteiger partial charge in [-0.1, -0.05) is 24.3 Å². The largest absolute Gasteiger partial charge is 0.393 e. The first-order valence-electron chi connectivity index (χ1n) is 8.48. The minimum atomic E-state index is -0.127. The van der Waals surface area contributed by atoms with E-state index in [1.165, 1.54) is 0 Å². The van der Waals surface area contributed by atoms with Gasteiger partial charge in [-0.3, -0.25) is 14.9 Å². The average Bonchev–Trinajstić information content (AvgIpc) is 2.64. The van der Waals surface area contributed by atoms with Gasteiger partial charge in [-0.15, -0.1) is 0 Å². The molecule has 0 radical (unpaired) electrons. The molecule has 0 aliphatic carbocycles. The first-order chi connectivity index (χ1) is 11.8. The van der Waals surface area contributed by atoms with Crippen LogP contribution in [-0.4, -0.2) is 39.2 Å². The highest BCUT2D eigenvalue weighted by Gasteiger charge is 2.17. The zero-order valence-electron chi connectivity index (χ0n) is 13.6. The van der Waals surface area contributed by atoms with Crippen LogP contribution in [0, 0.1) is 0 Å². The third-order valence-electron chi connectivity index (χ3n) is 4.71. The fraction of sp³-hybridized carbons (Fsp3) is 0.300. The molecule has 3 aromatic rings. The molecule has 0 atom stereocenters. The van der Waals surface area contributed by atoms with E-state index in [2.05, 4.69) is 51.3 Å². The molecular formula is C20H21N3O. The van der Waals surface area contributed by atoms with Crippen molar-refractivity contribution in [2.75, 3.05) is 13.1 Å². The summed E-state index contributed by atoms with van der Waals surface area (Å²) in [7, 11) is 0. The molecule has 0 spiro atoms. The lowest BCUT2D eigenvalue weighted by Crippen LogP contribution is -2.35. The van der Waals surface area contributed by atoms with Gasteiger partial charge in [0.2, 0.25) is 0 Å². The topological polar surface area (TPSA) is 49.2 Å². The van der Waals surface area contributed by atoms with Crippen molar-refractivity contribution in [3.63, 3.8) is 0 Å². The zero-order chi connectivity index (χ0) is 16.4. The van der Waals surface area contributed by atoms with Gasteiger partial charge in [-0.05, 0) is 36.6 Å². The number of aromatic nitrogens is 2. The quantitative estimate of drug-likeness (QED) is 0.805. The second-order valence-corrected chi connectivity index (χ2v) is 6.46. The summed E-state index contributed by atoms with van der Waals surface area (Å²) in [5.74, 6) is 0. The molecule has 3 heterocycles. The van der Waals surface area contributed by atoms with Crippen LogP contribution in [0.3, 0.4) is 0 Å². The van der Waals surface area contributed by atoms with Crippen LogP contribution in [0.5, 0.6) is 0 Å². The number of fused-ring (bicyclic) bond motifs is 1. The molecule has 0 amide bonds. The maximum Gasteiger partial charge on any atom is 0.0708 e. The van der Waals surface area contributed by atoms with E-state index in [1.54, 1.807) is 0 Å². The summed E-state index contributed by atoms with van der Waals surface area (Å²) in [6, 6.07) is 14.6. The Morgan fingerprint density at radius 2 is 1.83 bits per heavy atom. The molecule has 4 rings (SSSR count). The van der Waals surface area contributed by atoms with Gasteiger partial charge in [0.25, 0.3) is 0 Å². The number of likely N-dealkylation sites (tertiary alicyclic amines) is 1. The lowest BCUT2D eigenvalue weighted by atomic mass is 10.0. The molecule has 1 aliphatic rings. The summed E-state index contributed by atoms with van der Waals surface area (Å²) in [4.78, 5) is 11.4. The van der Waals surface area contributed by atoms with Crippen LogP contribution in [0.25, 0.3) is 22.0 Å². The van der Waals surface area contributed by atoms with Gasteiger partial charge < -0.3 is 5.11 Å². The van der Waals surface area contributed by atoms with E-state index < -0.39 is 0 Å². The van der Waals surface area contributed by atoms with E-state index in [1.807, 2.05) is 18.5 Å². The highest BCUT2D eigenvalue weighted by Crippen LogP contribution is 2.23. The number of pyridine rings is 2. The number of hydrogen-bond acceptors (Lipinski definition) is 4. The first kappa shape index (κ1) is 15.2. The SMILES string of the molecule is OC1CCN(Cc2ccc(-c3ccc4cccnc4c3)cn2)CC1. The summed E-state index contributed by atoms with van der Waals surface area (Å²) >= 11 is 0. The average molecular weight is 319 g/mol. The Bertz CT molecular complexity index is 824. The number of hydrogen-bond donors (Lipinski definition) is 1. The smallest absolute Gasteiger partial charge is 0.0708 e. The summed E-state index contributed by atoms with van der Waals surface area (Å²) < 4.78 is 0. The number of rotatable bonds is 3. The number of benzene rings is 1. The van der Waals surface area contributed by atoms with Gasteiger partial charge in [0.15, 0.2) is 0 Å². The van der Waals surface area contributed by atoms with Crippen LogP contribution < -0.4 is 0 Å². The van der Waals surface area contributed by atoms with Crippen molar-refractivity contribution in [3.8, 4) is 11.1 Å². The van der Waals surface area contributed by atoms with Crippen LogP contribution in [0.15, 0.2) is 54.9 Å². The maximum absolute atomic E-state index is 9.58. The lowest BCUT2D eigenvalue weighted by molar-refractivity contribution is 0.0787. The second-order valence-electron chi connectivity index (χ2n) is 6.46. The summed E-state index contributed by atoms with van der Waals surface area (Å²) in [6.45, 7) is 2.74. The molecule has 1 fully saturated rings. The van der Waals surface area contributed by atoms with Crippen molar-refractivity contribution >= 4 is 10.9 Å². The normalized spacial score (nSPS) is 16.5. The Labute approximate surface area is 141 Å². The first-order valence-corrected chi connectivity index (χ1v) is 8.48. The lowest BCUT2D eigenvalue weighted by Gasteiger charge is -2.29. The van der Waals surface area contributed by atoms with Gasteiger partial charge in [-0.25, -0.2) is 0 Å². The molecule has 0 saturated carbocycles. The van der Waals surface area contributed by atoms with E-state index in [9.17, 15) is 5.11 Å². The molecule has 4 heteroatoms. The number of piperidine rings is 1. The van der Waals surface area contributed by atoms with Crippen molar-refractivity contribution in [2.45, 2.75) is 25.5 Å². The summed E-state index contributed by atoms with van der Waals surface area (Å²) in [6.07, 6.45) is 5.36. The van der Waals surface area contributed by atoms with E-state index in [4.69, 9.17) is 0 Å². The molecule has 1 aliphatic heterocycles. The molecule has 4 nitrogen and oxygen atoms in total. The highest BCUT2D eigenvalue weighted by molar-refractivity contribution is 5.83. The van der Waals surface area contributed by atoms with Crippen LogP contribution in [-0.2, 0) is 6.54 Å². The molecule has 24 heavy (non-hydrogen) atoms. The van der Waals surface area contributed by atoms with Gasteiger partial charge in [0.1, 0.15) is 0 Å². The maximum atomic E-state index is 9.58. The monoisotopic (exact) mass is 319 g/mol. The molecule has 0 unspecified atom stereocenters. The van der Waals surface area contributed by atoms with Crippen LogP contribution in [0.4, 0.5) is 0 Å². The Morgan fingerprint density at radius 1 is 1.00 bits per heavy atom. The number of nitrogens with zero attached hydrogens (tertiary/aromatic N) is 3. The number of aliphatic hydroxyl groups is 1. The molecule has 0 bridgehead atoms. The predicted molar refractivity (Wildman–Crippen MR) is 95.5 cm³/mol. The predicted octanol–water partition coefficient (Wildman–Crippen LogP) is 3.25. The van der Waals surface area contributed by atoms with Crippen molar-refractivity contribution in [3.05, 3.63) is 60.6 Å². The van der Waals surface area contributed by atoms with Crippen LogP contribution in [0.2, 0.25) is 0 Å². The van der Waals surface area contributed by atoms with E-state index in [0.717, 1.165) is 60.2 Å². The van der Waals surface area contributed by atoms with E-state index >= 15 is 0 Å². The standard InChI is InChI=1S/C20H21N3O/c24-19-7-10-23(11-8-19)14-18-6-5-17(13-22-18)16-4-3-15-2-1-9-21-20(15)12-16/h1-6,9,12-13,19,24H,7-8,10-11,14H2. The van der Waals surface area contributed by atoms with Gasteiger partial charge in [-0.2, -0.15) is 0 Å². The fourth-order valence-corrected chi connectivity index (χ4v) is 3.24. The minimum absolute atomic E-state index is 0.127. The van der Waals surface area contributed by atoms with Crippen LogP contribution in [0.1, 0.15) is 18.5 Å². The van der Waals surface area contributed by atoms with E-state index in [0.29, 0.717) is 0 Å². The van der Waals surface area contributed by atoms with Crippen molar-refractivity contribution in [1.82, 2.24) is 14.9 Å². The number of aliphatic hydroxyl groups excluding tert-OH is 1. The minimum Gasteiger partial charge on any atom is -0.393 e. The van der Waals surface area contributed by atoms with Crippen molar-refractivity contribution < 1.29 is 5.11 Å². The van der Waals surface area contributed by atoms with Gasteiger partial charge >= 0.3 is 0 Å². The fourth-order valence-electron chi connectivity index (χ4n) is 3.24. The summed E-state index contributed by atoms with van der Waals surface area (Å²) in [5, 5.41) is 10.7. The third kappa shape index (κ3) is 3.30. The summed E-state index contributed by atoms with van der Waals surface area (Å²) in [5.41, 5.74) is 4.33.